The van der Waals surface area contributed by atoms with E-state index in [2.05, 4.69) is 0 Å². The average molecular weight is 226 g/mol. The smallest absolute Gasteiger partial charge is 0.305 e. The summed E-state index contributed by atoms with van der Waals surface area (Å²) in [6, 6.07) is 0. The first-order chi connectivity index (χ1) is 7.68. The first-order valence-corrected chi connectivity index (χ1v) is 6.33. The molecule has 1 saturated carbocycles. The lowest BCUT2D eigenvalue weighted by atomic mass is 10.1. The van der Waals surface area contributed by atoms with Crippen molar-refractivity contribution in [2.24, 2.45) is 5.92 Å². The maximum Gasteiger partial charge on any atom is 0.305 e. The van der Waals surface area contributed by atoms with Gasteiger partial charge in [0.1, 0.15) is 5.78 Å². The molecule has 1 rings (SSSR count). The van der Waals surface area contributed by atoms with E-state index >= 15 is 0 Å². The first-order valence-electron chi connectivity index (χ1n) is 6.33. The third kappa shape index (κ3) is 5.89. The number of unbranched alkanes of at least 4 members (excludes halogenated alkanes) is 1. The number of carbonyl (C=O) groups is 2. The standard InChI is InChI=1S/C13H22O3/c1-11(14)6-2-5-9-13(15)16-10-12-7-3-4-8-12/h12H,2-10H2,1H3. The van der Waals surface area contributed by atoms with E-state index in [1.54, 1.807) is 6.92 Å². The quantitative estimate of drug-likeness (QED) is 0.495. The largest absolute Gasteiger partial charge is 0.465 e. The molecule has 0 spiro atoms. The number of ketones is 1. The highest BCUT2D eigenvalue weighted by Gasteiger charge is 2.16. The highest BCUT2D eigenvalue weighted by Crippen LogP contribution is 2.24. The van der Waals surface area contributed by atoms with E-state index in [1.807, 2.05) is 0 Å². The van der Waals surface area contributed by atoms with Gasteiger partial charge < -0.3 is 9.53 Å². The highest BCUT2D eigenvalue weighted by molar-refractivity contribution is 5.75. The molecule has 0 bridgehead atoms. The minimum absolute atomic E-state index is 0.101. The molecule has 1 aliphatic carbocycles. The summed E-state index contributed by atoms with van der Waals surface area (Å²) in [6.07, 6.45) is 7.57. The molecule has 0 radical (unpaired) electrons. The number of Topliss-reactive ketones (excluding diaryl/α,β-unsaturated/α-hetero) is 1. The Morgan fingerprint density at radius 3 is 2.38 bits per heavy atom. The monoisotopic (exact) mass is 226 g/mol. The van der Waals surface area contributed by atoms with Crippen molar-refractivity contribution in [3.8, 4) is 0 Å². The molecular formula is C13H22O3. The lowest BCUT2D eigenvalue weighted by Crippen LogP contribution is -2.11. The fourth-order valence-electron chi connectivity index (χ4n) is 2.10. The zero-order valence-electron chi connectivity index (χ0n) is 10.2. The predicted molar refractivity (Wildman–Crippen MR) is 62.1 cm³/mol. The molecule has 0 atom stereocenters. The molecule has 1 fully saturated rings. The van der Waals surface area contributed by atoms with Gasteiger partial charge in [0.25, 0.3) is 0 Å². The summed E-state index contributed by atoms with van der Waals surface area (Å²) in [6.45, 7) is 2.18. The van der Waals surface area contributed by atoms with Crippen molar-refractivity contribution in [3.05, 3.63) is 0 Å². The molecule has 0 aromatic carbocycles. The van der Waals surface area contributed by atoms with Gasteiger partial charge in [-0.2, -0.15) is 0 Å². The topological polar surface area (TPSA) is 43.4 Å². The molecule has 0 saturated heterocycles. The fourth-order valence-corrected chi connectivity index (χ4v) is 2.10. The van der Waals surface area contributed by atoms with Crippen LogP contribution in [0.15, 0.2) is 0 Å². The molecule has 0 aromatic heterocycles. The number of rotatable bonds is 7. The normalized spacial score (nSPS) is 16.3. The minimum atomic E-state index is -0.101. The van der Waals surface area contributed by atoms with Crippen molar-refractivity contribution in [1.82, 2.24) is 0 Å². The summed E-state index contributed by atoms with van der Waals surface area (Å²) < 4.78 is 5.21. The molecule has 0 amide bonds. The number of hydrogen-bond acceptors (Lipinski definition) is 3. The third-order valence-electron chi connectivity index (χ3n) is 3.11. The Morgan fingerprint density at radius 1 is 1.12 bits per heavy atom. The molecule has 0 heterocycles. The lowest BCUT2D eigenvalue weighted by molar-refractivity contribution is -0.145. The van der Waals surface area contributed by atoms with Crippen LogP contribution in [0, 0.1) is 5.92 Å². The average Bonchev–Trinajstić information content (AvgIpc) is 2.74. The van der Waals surface area contributed by atoms with Crippen LogP contribution in [0.3, 0.4) is 0 Å². The van der Waals surface area contributed by atoms with Crippen LogP contribution in [0.5, 0.6) is 0 Å². The Morgan fingerprint density at radius 2 is 1.75 bits per heavy atom. The maximum absolute atomic E-state index is 11.3. The molecule has 92 valence electrons. The molecule has 0 aromatic rings. The summed E-state index contributed by atoms with van der Waals surface area (Å²) in [7, 11) is 0. The van der Waals surface area contributed by atoms with Crippen molar-refractivity contribution in [2.75, 3.05) is 6.61 Å². The Kier molecular flexibility index (Phi) is 6.12. The maximum atomic E-state index is 11.3. The summed E-state index contributed by atoms with van der Waals surface area (Å²) >= 11 is 0. The van der Waals surface area contributed by atoms with Crippen molar-refractivity contribution in [1.29, 1.82) is 0 Å². The fraction of sp³-hybridized carbons (Fsp3) is 0.846. The van der Waals surface area contributed by atoms with E-state index in [9.17, 15) is 9.59 Å². The van der Waals surface area contributed by atoms with Gasteiger partial charge in [-0.1, -0.05) is 12.8 Å². The van der Waals surface area contributed by atoms with Gasteiger partial charge >= 0.3 is 5.97 Å². The predicted octanol–water partition coefficient (Wildman–Crippen LogP) is 2.87. The summed E-state index contributed by atoms with van der Waals surface area (Å²) in [5.74, 6) is 0.691. The van der Waals surface area contributed by atoms with Gasteiger partial charge in [-0.05, 0) is 38.5 Å². The summed E-state index contributed by atoms with van der Waals surface area (Å²) in [5.41, 5.74) is 0. The third-order valence-corrected chi connectivity index (χ3v) is 3.11. The van der Waals surface area contributed by atoms with Gasteiger partial charge in [0.05, 0.1) is 6.61 Å². The molecule has 0 aliphatic heterocycles. The van der Waals surface area contributed by atoms with Crippen LogP contribution in [0.1, 0.15) is 58.3 Å². The number of ether oxygens (including phenoxy) is 1. The van der Waals surface area contributed by atoms with Crippen molar-refractivity contribution in [2.45, 2.75) is 58.3 Å². The molecule has 0 unspecified atom stereocenters. The molecule has 16 heavy (non-hydrogen) atoms. The highest BCUT2D eigenvalue weighted by atomic mass is 16.5. The van der Waals surface area contributed by atoms with Crippen molar-refractivity contribution < 1.29 is 14.3 Å². The van der Waals surface area contributed by atoms with Crippen molar-refractivity contribution >= 4 is 11.8 Å². The second-order valence-electron chi connectivity index (χ2n) is 4.74. The van der Waals surface area contributed by atoms with Crippen LogP contribution in [-0.2, 0) is 14.3 Å². The van der Waals surface area contributed by atoms with Crippen LogP contribution in [0.25, 0.3) is 0 Å². The van der Waals surface area contributed by atoms with Gasteiger partial charge in [0, 0.05) is 12.8 Å². The van der Waals surface area contributed by atoms with E-state index in [4.69, 9.17) is 4.74 Å². The van der Waals surface area contributed by atoms with E-state index in [-0.39, 0.29) is 11.8 Å². The van der Waals surface area contributed by atoms with Crippen LogP contribution in [-0.4, -0.2) is 18.4 Å². The van der Waals surface area contributed by atoms with E-state index in [0.717, 1.165) is 12.8 Å². The number of esters is 1. The van der Waals surface area contributed by atoms with Crippen molar-refractivity contribution in [3.63, 3.8) is 0 Å². The minimum Gasteiger partial charge on any atom is -0.465 e. The summed E-state index contributed by atoms with van der Waals surface area (Å²) in [4.78, 5) is 22.0. The van der Waals surface area contributed by atoms with Crippen LogP contribution >= 0.6 is 0 Å². The van der Waals surface area contributed by atoms with Crippen LogP contribution in [0.4, 0.5) is 0 Å². The number of hydrogen-bond donors (Lipinski definition) is 0. The van der Waals surface area contributed by atoms with Gasteiger partial charge in [0.2, 0.25) is 0 Å². The van der Waals surface area contributed by atoms with E-state index < -0.39 is 0 Å². The van der Waals surface area contributed by atoms with E-state index in [0.29, 0.717) is 25.4 Å². The second-order valence-corrected chi connectivity index (χ2v) is 4.74. The van der Waals surface area contributed by atoms with E-state index in [1.165, 1.54) is 25.7 Å². The molecule has 3 heteroatoms. The van der Waals surface area contributed by atoms with Crippen LogP contribution in [0.2, 0.25) is 0 Å². The second kappa shape index (κ2) is 7.42. The van der Waals surface area contributed by atoms with Gasteiger partial charge in [-0.15, -0.1) is 0 Å². The Hall–Kier alpha value is -0.860. The zero-order valence-corrected chi connectivity index (χ0v) is 10.2. The Bertz CT molecular complexity index is 229. The van der Waals surface area contributed by atoms with Gasteiger partial charge in [-0.3, -0.25) is 4.79 Å². The molecule has 3 nitrogen and oxygen atoms in total. The number of carbonyl (C=O) groups excluding carboxylic acids is 2. The Labute approximate surface area is 97.5 Å². The lowest BCUT2D eigenvalue weighted by Gasteiger charge is -2.09. The van der Waals surface area contributed by atoms with Crippen LogP contribution < -0.4 is 0 Å². The SMILES string of the molecule is CC(=O)CCCCC(=O)OCC1CCCC1. The zero-order chi connectivity index (χ0) is 11.8. The first kappa shape index (κ1) is 13.2. The molecule has 0 N–H and O–H groups in total. The van der Waals surface area contributed by atoms with Gasteiger partial charge in [-0.25, -0.2) is 0 Å². The molecule has 1 aliphatic rings. The van der Waals surface area contributed by atoms with Gasteiger partial charge in [0.15, 0.2) is 0 Å². The molecular weight excluding hydrogens is 204 g/mol. The Balaban J connectivity index is 1.95. The summed E-state index contributed by atoms with van der Waals surface area (Å²) in [5, 5.41) is 0.